The number of hydrogen-bond acceptors (Lipinski definition) is 5. The van der Waals surface area contributed by atoms with Crippen molar-refractivity contribution < 1.29 is 18.7 Å². The fourth-order valence-corrected chi connectivity index (χ4v) is 2.95. The van der Waals surface area contributed by atoms with E-state index in [1.807, 2.05) is 6.07 Å². The minimum Gasteiger partial charge on any atom is -0.381 e. The average Bonchev–Trinajstić information content (AvgIpc) is 3.20. The number of hydrogen-bond donors (Lipinski definition) is 2. The van der Waals surface area contributed by atoms with Gasteiger partial charge in [-0.1, -0.05) is 6.07 Å². The zero-order chi connectivity index (χ0) is 21.0. The Bertz CT molecular complexity index is 1050. The van der Waals surface area contributed by atoms with Crippen LogP contribution in [-0.2, 0) is 12.1 Å². The van der Waals surface area contributed by atoms with Crippen molar-refractivity contribution in [2.24, 2.45) is 0 Å². The van der Waals surface area contributed by atoms with E-state index in [2.05, 4.69) is 15.4 Å². The van der Waals surface area contributed by atoms with Gasteiger partial charge in [-0.25, -0.2) is 18.4 Å². The van der Waals surface area contributed by atoms with E-state index in [0.717, 1.165) is 12.1 Å². The van der Waals surface area contributed by atoms with Gasteiger partial charge in [-0.15, -0.1) is 0 Å². The number of nitriles is 1. The van der Waals surface area contributed by atoms with Crippen LogP contribution in [0.1, 0.15) is 28.4 Å². The number of amides is 1. The number of nitrogens with one attached hydrogen (secondary N) is 1. The SMILES string of the molecule is C[C@@H](NC(=O)c1ccc(C#N)cc1)[C@](O)(Cn1cncn1)c1ccc(F)cc1F. The molecule has 0 aliphatic rings. The molecule has 2 aromatic carbocycles. The Hall–Kier alpha value is -3.64. The molecule has 0 spiro atoms. The molecule has 0 saturated carbocycles. The zero-order valence-electron chi connectivity index (χ0n) is 15.4. The number of nitrogens with zero attached hydrogens (tertiary/aromatic N) is 4. The maximum Gasteiger partial charge on any atom is 0.251 e. The Balaban J connectivity index is 1.92. The summed E-state index contributed by atoms with van der Waals surface area (Å²) in [6.45, 7) is 1.27. The van der Waals surface area contributed by atoms with E-state index in [0.29, 0.717) is 11.6 Å². The summed E-state index contributed by atoms with van der Waals surface area (Å²) in [5.41, 5.74) is -1.49. The first-order valence-corrected chi connectivity index (χ1v) is 8.65. The molecular formula is C20H17F2N5O2. The van der Waals surface area contributed by atoms with Gasteiger partial charge in [0.05, 0.1) is 24.2 Å². The number of aromatic nitrogens is 3. The molecular weight excluding hydrogens is 380 g/mol. The summed E-state index contributed by atoms with van der Waals surface area (Å²) in [7, 11) is 0. The van der Waals surface area contributed by atoms with Gasteiger partial charge in [-0.2, -0.15) is 10.4 Å². The number of rotatable bonds is 6. The quantitative estimate of drug-likeness (QED) is 0.663. The standard InChI is InChI=1S/C20H17F2N5O2/c1-13(26-19(28)15-4-2-14(9-23)3-5-15)20(29,10-27-12-24-11-25-27)17-7-6-16(21)8-18(17)22/h2-8,11-13,29H,10H2,1H3,(H,26,28)/t13-,20-/m1/s1. The molecule has 7 nitrogen and oxygen atoms in total. The highest BCUT2D eigenvalue weighted by Crippen LogP contribution is 2.30. The lowest BCUT2D eigenvalue weighted by atomic mass is 9.86. The van der Waals surface area contributed by atoms with Gasteiger partial charge in [-0.3, -0.25) is 4.79 Å². The minimum atomic E-state index is -1.95. The predicted molar refractivity (Wildman–Crippen MR) is 98.4 cm³/mol. The lowest BCUT2D eigenvalue weighted by Gasteiger charge is -2.35. The number of aliphatic hydroxyl groups is 1. The molecule has 0 radical (unpaired) electrons. The van der Waals surface area contributed by atoms with Gasteiger partial charge in [0.1, 0.15) is 29.9 Å². The summed E-state index contributed by atoms with van der Waals surface area (Å²) < 4.78 is 29.1. The maximum absolute atomic E-state index is 14.5. The molecule has 0 aliphatic carbocycles. The largest absolute Gasteiger partial charge is 0.381 e. The van der Waals surface area contributed by atoms with Gasteiger partial charge < -0.3 is 10.4 Å². The van der Waals surface area contributed by atoms with Crippen LogP contribution in [0.4, 0.5) is 8.78 Å². The second-order valence-corrected chi connectivity index (χ2v) is 6.53. The van der Waals surface area contributed by atoms with Crippen molar-refractivity contribution in [1.82, 2.24) is 20.1 Å². The average molecular weight is 397 g/mol. The van der Waals surface area contributed by atoms with E-state index in [1.165, 1.54) is 48.5 Å². The third kappa shape index (κ3) is 4.28. The van der Waals surface area contributed by atoms with Gasteiger partial charge in [-0.05, 0) is 37.3 Å². The van der Waals surface area contributed by atoms with Crippen molar-refractivity contribution >= 4 is 5.91 Å². The topological polar surface area (TPSA) is 104 Å². The molecule has 0 fully saturated rings. The molecule has 0 aliphatic heterocycles. The monoisotopic (exact) mass is 397 g/mol. The highest BCUT2D eigenvalue weighted by Gasteiger charge is 2.40. The second-order valence-electron chi connectivity index (χ2n) is 6.53. The lowest BCUT2D eigenvalue weighted by Crippen LogP contribution is -2.51. The van der Waals surface area contributed by atoms with E-state index in [4.69, 9.17) is 5.26 Å². The Kier molecular flexibility index (Phi) is 5.66. The second kappa shape index (κ2) is 8.16. The van der Waals surface area contributed by atoms with Gasteiger partial charge in [0.2, 0.25) is 0 Å². The van der Waals surface area contributed by atoms with E-state index < -0.39 is 29.2 Å². The summed E-state index contributed by atoms with van der Waals surface area (Å²) in [6, 6.07) is 9.70. The first-order chi connectivity index (χ1) is 13.8. The van der Waals surface area contributed by atoms with Crippen molar-refractivity contribution in [3.05, 3.63) is 83.4 Å². The smallest absolute Gasteiger partial charge is 0.251 e. The first kappa shape index (κ1) is 20.1. The fourth-order valence-electron chi connectivity index (χ4n) is 2.95. The Morgan fingerprint density at radius 3 is 2.62 bits per heavy atom. The highest BCUT2D eigenvalue weighted by atomic mass is 19.1. The van der Waals surface area contributed by atoms with Crippen LogP contribution in [0.3, 0.4) is 0 Å². The number of benzene rings is 2. The maximum atomic E-state index is 14.5. The summed E-state index contributed by atoms with van der Waals surface area (Å²) in [4.78, 5) is 16.4. The number of carbonyl (C=O) groups is 1. The predicted octanol–water partition coefficient (Wildman–Crippen LogP) is 2.13. The van der Waals surface area contributed by atoms with Crippen LogP contribution < -0.4 is 5.32 Å². The highest BCUT2D eigenvalue weighted by molar-refractivity contribution is 5.94. The molecule has 148 valence electrons. The van der Waals surface area contributed by atoms with Crippen LogP contribution in [0.25, 0.3) is 0 Å². The van der Waals surface area contributed by atoms with Crippen molar-refractivity contribution in [1.29, 1.82) is 5.26 Å². The van der Waals surface area contributed by atoms with Crippen LogP contribution in [0, 0.1) is 23.0 Å². The van der Waals surface area contributed by atoms with Crippen molar-refractivity contribution in [3.8, 4) is 6.07 Å². The van der Waals surface area contributed by atoms with Crippen LogP contribution >= 0.6 is 0 Å². The van der Waals surface area contributed by atoms with Crippen LogP contribution in [0.2, 0.25) is 0 Å². The van der Waals surface area contributed by atoms with Crippen molar-refractivity contribution in [3.63, 3.8) is 0 Å². The summed E-state index contributed by atoms with van der Waals surface area (Å²) >= 11 is 0. The molecule has 0 saturated heterocycles. The van der Waals surface area contributed by atoms with Gasteiger partial charge in [0.25, 0.3) is 5.91 Å². The molecule has 3 aromatic rings. The first-order valence-electron chi connectivity index (χ1n) is 8.65. The normalized spacial score (nSPS) is 13.9. The van der Waals surface area contributed by atoms with Crippen molar-refractivity contribution in [2.75, 3.05) is 0 Å². The van der Waals surface area contributed by atoms with E-state index in [-0.39, 0.29) is 17.7 Å². The molecule has 2 N–H and O–H groups in total. The molecule has 9 heteroatoms. The number of halogens is 2. The Morgan fingerprint density at radius 2 is 2.03 bits per heavy atom. The van der Waals surface area contributed by atoms with Gasteiger partial charge in [0.15, 0.2) is 0 Å². The van der Waals surface area contributed by atoms with Crippen LogP contribution in [0.15, 0.2) is 55.1 Å². The van der Waals surface area contributed by atoms with E-state index in [9.17, 15) is 18.7 Å². The van der Waals surface area contributed by atoms with Gasteiger partial charge in [0, 0.05) is 17.2 Å². The Labute approximate surface area is 165 Å². The summed E-state index contributed by atoms with van der Waals surface area (Å²) in [5.74, 6) is -2.27. The minimum absolute atomic E-state index is 0.193. The van der Waals surface area contributed by atoms with Gasteiger partial charge >= 0.3 is 0 Å². The lowest BCUT2D eigenvalue weighted by molar-refractivity contribution is -0.0186. The molecule has 1 aromatic heterocycles. The molecule has 1 amide bonds. The molecule has 0 bridgehead atoms. The Morgan fingerprint density at radius 1 is 1.31 bits per heavy atom. The molecule has 0 unspecified atom stereocenters. The molecule has 1 heterocycles. The third-order valence-electron chi connectivity index (χ3n) is 4.61. The van der Waals surface area contributed by atoms with Crippen LogP contribution in [0.5, 0.6) is 0 Å². The van der Waals surface area contributed by atoms with Crippen LogP contribution in [-0.4, -0.2) is 31.8 Å². The number of carbonyl (C=O) groups excluding carboxylic acids is 1. The fraction of sp³-hybridized carbons (Fsp3) is 0.200. The molecule has 29 heavy (non-hydrogen) atoms. The zero-order valence-corrected chi connectivity index (χ0v) is 15.4. The van der Waals surface area contributed by atoms with E-state index >= 15 is 0 Å². The van der Waals surface area contributed by atoms with Crippen molar-refractivity contribution in [2.45, 2.75) is 25.1 Å². The molecule has 2 atom stereocenters. The third-order valence-corrected chi connectivity index (χ3v) is 4.61. The summed E-state index contributed by atoms with van der Waals surface area (Å²) in [5, 5.41) is 26.8. The van der Waals surface area contributed by atoms with E-state index in [1.54, 1.807) is 0 Å². The summed E-state index contributed by atoms with van der Waals surface area (Å²) in [6.07, 6.45) is 2.59. The molecule has 3 rings (SSSR count).